The van der Waals surface area contributed by atoms with Gasteiger partial charge in [0.1, 0.15) is 0 Å². The first-order valence-corrected chi connectivity index (χ1v) is 8.13. The highest BCUT2D eigenvalue weighted by Crippen LogP contribution is 2.28. The molecular weight excluding hydrogens is 204 g/mol. The second kappa shape index (κ2) is 14.1. The minimum absolute atomic E-state index is 0.876. The van der Waals surface area contributed by atoms with Gasteiger partial charge in [-0.2, -0.15) is 0 Å². The van der Waals surface area contributed by atoms with Crippen molar-refractivity contribution in [3.63, 3.8) is 0 Å². The molecule has 0 bridgehead atoms. The van der Waals surface area contributed by atoms with E-state index in [-0.39, 0.29) is 0 Å². The largest absolute Gasteiger partial charge is 0.0683 e. The number of hydrogen-bond donors (Lipinski definition) is 0. The molecule has 0 amide bonds. The molecule has 0 saturated heterocycles. The van der Waals surface area contributed by atoms with Gasteiger partial charge in [-0.25, -0.2) is 0 Å². The van der Waals surface area contributed by atoms with E-state index in [4.69, 9.17) is 0 Å². The van der Waals surface area contributed by atoms with Gasteiger partial charge in [-0.1, -0.05) is 80.6 Å². The lowest BCUT2D eigenvalue weighted by atomic mass is 9.83. The molecule has 0 aromatic heterocycles. The molecule has 0 radical (unpaired) electrons. The summed E-state index contributed by atoms with van der Waals surface area (Å²) in [5.74, 6) is 2.86. The molecule has 0 N–H and O–H groups in total. The lowest BCUT2D eigenvalue weighted by molar-refractivity contribution is 0.286. The predicted molar refractivity (Wildman–Crippen MR) is 82.5 cm³/mol. The molecule has 0 saturated carbocycles. The first-order valence-electron chi connectivity index (χ1n) is 8.13. The van der Waals surface area contributed by atoms with E-state index in [1.807, 2.05) is 13.8 Å². The quantitative estimate of drug-likeness (QED) is 0.422. The average Bonchev–Trinajstić information content (AvgIpc) is 2.30. The summed E-state index contributed by atoms with van der Waals surface area (Å²) in [5, 5.41) is 0. The molecule has 0 heteroatoms. The molecule has 0 fully saturated rings. The highest BCUT2D eigenvalue weighted by atomic mass is 14.2. The average molecular weight is 242 g/mol. The Morgan fingerprint density at radius 1 is 0.706 bits per heavy atom. The predicted octanol–water partition coefficient (Wildman–Crippen LogP) is 6.69. The summed E-state index contributed by atoms with van der Waals surface area (Å²) in [5.41, 5.74) is 0. The standard InChI is InChI=1S/C15H32.C2H6/c1-6-9-14(8-3)12-15(10-7-2)11-13(4)5;1-2/h13-15H,6-12H2,1-5H3;1-2H3. The van der Waals surface area contributed by atoms with Crippen molar-refractivity contribution in [3.05, 3.63) is 0 Å². The Labute approximate surface area is 112 Å². The Hall–Kier alpha value is 0. The summed E-state index contributed by atoms with van der Waals surface area (Å²) in [6.07, 6.45) is 9.91. The van der Waals surface area contributed by atoms with E-state index in [1.165, 1.54) is 44.9 Å². The van der Waals surface area contributed by atoms with E-state index in [0.717, 1.165) is 17.8 Å². The highest BCUT2D eigenvalue weighted by Gasteiger charge is 2.15. The van der Waals surface area contributed by atoms with Crippen LogP contribution in [-0.4, -0.2) is 0 Å². The van der Waals surface area contributed by atoms with E-state index in [9.17, 15) is 0 Å². The first kappa shape index (κ1) is 19.3. The maximum absolute atomic E-state index is 2.36. The molecule has 0 aromatic rings. The van der Waals surface area contributed by atoms with Gasteiger partial charge in [-0.3, -0.25) is 0 Å². The van der Waals surface area contributed by atoms with Crippen molar-refractivity contribution in [2.45, 2.75) is 93.4 Å². The van der Waals surface area contributed by atoms with Crippen LogP contribution in [0.3, 0.4) is 0 Å². The summed E-state index contributed by atoms with van der Waals surface area (Å²) >= 11 is 0. The SMILES string of the molecule is CC.CCCC(CC)CC(CCC)CC(C)C. The third-order valence-corrected chi connectivity index (χ3v) is 3.44. The van der Waals surface area contributed by atoms with Crippen molar-refractivity contribution in [2.24, 2.45) is 17.8 Å². The van der Waals surface area contributed by atoms with Gasteiger partial charge in [-0.05, 0) is 30.6 Å². The fraction of sp³-hybridized carbons (Fsp3) is 1.00. The lowest BCUT2D eigenvalue weighted by Gasteiger charge is -2.23. The van der Waals surface area contributed by atoms with E-state index < -0.39 is 0 Å². The van der Waals surface area contributed by atoms with Crippen LogP contribution in [0.5, 0.6) is 0 Å². The van der Waals surface area contributed by atoms with Crippen LogP contribution in [0, 0.1) is 17.8 Å². The number of hydrogen-bond acceptors (Lipinski definition) is 0. The van der Waals surface area contributed by atoms with Crippen LogP contribution in [0.2, 0.25) is 0 Å². The molecule has 0 rings (SSSR count). The van der Waals surface area contributed by atoms with Gasteiger partial charge in [0.2, 0.25) is 0 Å². The van der Waals surface area contributed by atoms with Crippen LogP contribution in [0.4, 0.5) is 0 Å². The zero-order valence-electron chi connectivity index (χ0n) is 13.7. The second-order valence-corrected chi connectivity index (χ2v) is 5.58. The van der Waals surface area contributed by atoms with Crippen molar-refractivity contribution in [1.29, 1.82) is 0 Å². The summed E-state index contributed by atoms with van der Waals surface area (Å²) in [6.45, 7) is 15.7. The van der Waals surface area contributed by atoms with Crippen LogP contribution < -0.4 is 0 Å². The molecule has 2 unspecified atom stereocenters. The van der Waals surface area contributed by atoms with Crippen molar-refractivity contribution < 1.29 is 0 Å². The second-order valence-electron chi connectivity index (χ2n) is 5.58. The normalized spacial score (nSPS) is 14.1. The van der Waals surface area contributed by atoms with Gasteiger partial charge < -0.3 is 0 Å². The van der Waals surface area contributed by atoms with Crippen molar-refractivity contribution >= 4 is 0 Å². The summed E-state index contributed by atoms with van der Waals surface area (Å²) in [7, 11) is 0. The molecule has 17 heavy (non-hydrogen) atoms. The topological polar surface area (TPSA) is 0 Å². The molecule has 0 aliphatic heterocycles. The molecule has 106 valence electrons. The zero-order chi connectivity index (χ0) is 13.7. The van der Waals surface area contributed by atoms with Crippen molar-refractivity contribution in [1.82, 2.24) is 0 Å². The third-order valence-electron chi connectivity index (χ3n) is 3.44. The molecular formula is C17H38. The van der Waals surface area contributed by atoms with Gasteiger partial charge in [0.25, 0.3) is 0 Å². The molecule has 0 spiro atoms. The smallest absolute Gasteiger partial charge is 0.0409 e. The molecule has 0 nitrogen and oxygen atoms in total. The molecule has 0 aliphatic carbocycles. The van der Waals surface area contributed by atoms with Gasteiger partial charge in [-0.15, -0.1) is 0 Å². The molecule has 0 aliphatic rings. The van der Waals surface area contributed by atoms with E-state index >= 15 is 0 Å². The van der Waals surface area contributed by atoms with Crippen LogP contribution in [0.1, 0.15) is 93.4 Å². The Balaban J connectivity index is 0. The Morgan fingerprint density at radius 3 is 1.53 bits per heavy atom. The monoisotopic (exact) mass is 242 g/mol. The Bertz CT molecular complexity index is 126. The van der Waals surface area contributed by atoms with Crippen molar-refractivity contribution in [3.8, 4) is 0 Å². The van der Waals surface area contributed by atoms with Gasteiger partial charge in [0.15, 0.2) is 0 Å². The van der Waals surface area contributed by atoms with E-state index in [0.29, 0.717) is 0 Å². The fourth-order valence-electron chi connectivity index (χ4n) is 2.78. The Kier molecular flexibility index (Phi) is 16.0. The highest BCUT2D eigenvalue weighted by molar-refractivity contribution is 4.67. The number of rotatable bonds is 9. The molecule has 2 atom stereocenters. The van der Waals surface area contributed by atoms with Gasteiger partial charge >= 0.3 is 0 Å². The zero-order valence-corrected chi connectivity index (χ0v) is 13.7. The summed E-state index contributed by atoms with van der Waals surface area (Å²) in [4.78, 5) is 0. The van der Waals surface area contributed by atoms with Crippen LogP contribution in [-0.2, 0) is 0 Å². The first-order chi connectivity index (χ1) is 8.13. The minimum Gasteiger partial charge on any atom is -0.0683 e. The molecule has 0 aromatic carbocycles. The fourth-order valence-corrected chi connectivity index (χ4v) is 2.78. The maximum atomic E-state index is 2.36. The molecule has 0 heterocycles. The lowest BCUT2D eigenvalue weighted by Crippen LogP contribution is -2.11. The summed E-state index contributed by atoms with van der Waals surface area (Å²) < 4.78 is 0. The minimum atomic E-state index is 0.876. The Morgan fingerprint density at radius 2 is 1.18 bits per heavy atom. The van der Waals surface area contributed by atoms with Gasteiger partial charge in [0.05, 0.1) is 0 Å². The van der Waals surface area contributed by atoms with Crippen molar-refractivity contribution in [2.75, 3.05) is 0 Å². The van der Waals surface area contributed by atoms with Crippen LogP contribution >= 0.6 is 0 Å². The van der Waals surface area contributed by atoms with Gasteiger partial charge in [0, 0.05) is 0 Å². The van der Waals surface area contributed by atoms with Crippen LogP contribution in [0.15, 0.2) is 0 Å². The van der Waals surface area contributed by atoms with Crippen LogP contribution in [0.25, 0.3) is 0 Å². The summed E-state index contributed by atoms with van der Waals surface area (Å²) in [6, 6.07) is 0. The van der Waals surface area contributed by atoms with E-state index in [1.54, 1.807) is 0 Å². The third kappa shape index (κ3) is 12.2. The maximum Gasteiger partial charge on any atom is -0.0409 e. The van der Waals surface area contributed by atoms with E-state index in [2.05, 4.69) is 34.6 Å².